The van der Waals surface area contributed by atoms with Crippen molar-refractivity contribution in [2.24, 2.45) is 10.7 Å². The number of nitrogens with two attached hydrogens (primary N) is 1. The molecule has 0 fully saturated rings. The lowest BCUT2D eigenvalue weighted by Gasteiger charge is -2.17. The molecule has 1 unspecified atom stereocenters. The molecular formula is C18H23Cl2IN4O. The number of benzene rings is 1. The smallest absolute Gasteiger partial charge is 0.189 e. The van der Waals surface area contributed by atoms with Gasteiger partial charge in [-0.05, 0) is 38.5 Å². The Morgan fingerprint density at radius 1 is 1.35 bits per heavy atom. The summed E-state index contributed by atoms with van der Waals surface area (Å²) in [6.45, 7) is 6.24. The number of aliphatic imine (C=N–C) groups is 1. The van der Waals surface area contributed by atoms with E-state index in [0.717, 1.165) is 28.1 Å². The number of nitrogens with zero attached hydrogens (tertiary/aromatic N) is 2. The molecule has 0 saturated heterocycles. The van der Waals surface area contributed by atoms with Gasteiger partial charge in [0.2, 0.25) is 0 Å². The fourth-order valence-electron chi connectivity index (χ4n) is 2.59. The van der Waals surface area contributed by atoms with Gasteiger partial charge in [0.05, 0.1) is 25.4 Å². The molecule has 0 saturated carbocycles. The Hall–Kier alpha value is -1.25. The Bertz CT molecular complexity index is 799. The summed E-state index contributed by atoms with van der Waals surface area (Å²) in [7, 11) is 1.65. The third-order valence-corrected chi connectivity index (χ3v) is 4.50. The van der Waals surface area contributed by atoms with Gasteiger partial charge < -0.3 is 15.8 Å². The summed E-state index contributed by atoms with van der Waals surface area (Å²) in [6, 6.07) is 5.26. The van der Waals surface area contributed by atoms with Gasteiger partial charge in [-0.15, -0.1) is 24.0 Å². The van der Waals surface area contributed by atoms with E-state index in [-0.39, 0.29) is 30.0 Å². The number of hydrogen-bond donors (Lipinski definition) is 2. The van der Waals surface area contributed by atoms with Gasteiger partial charge in [-0.3, -0.25) is 4.98 Å². The van der Waals surface area contributed by atoms with Crippen molar-refractivity contribution in [2.45, 2.75) is 33.4 Å². The number of pyridine rings is 1. The first-order valence-corrected chi connectivity index (χ1v) is 8.59. The molecule has 142 valence electrons. The highest BCUT2D eigenvalue weighted by molar-refractivity contribution is 14.0. The van der Waals surface area contributed by atoms with Crippen LogP contribution < -0.4 is 15.8 Å². The van der Waals surface area contributed by atoms with E-state index in [1.165, 1.54) is 0 Å². The van der Waals surface area contributed by atoms with Crippen molar-refractivity contribution in [1.29, 1.82) is 0 Å². The van der Waals surface area contributed by atoms with Gasteiger partial charge in [0.1, 0.15) is 5.75 Å². The Labute approximate surface area is 181 Å². The van der Waals surface area contributed by atoms with Gasteiger partial charge >= 0.3 is 0 Å². The number of aryl methyl sites for hydroxylation is 1. The van der Waals surface area contributed by atoms with Gasteiger partial charge in [0, 0.05) is 27.4 Å². The second kappa shape index (κ2) is 10.2. The second-order valence-electron chi connectivity index (χ2n) is 5.78. The number of hydrogen-bond acceptors (Lipinski definition) is 3. The number of ether oxygens (including phenoxy) is 1. The molecule has 1 aromatic heterocycles. The Morgan fingerprint density at radius 2 is 2.04 bits per heavy atom. The number of halogens is 3. The largest absolute Gasteiger partial charge is 0.496 e. The second-order valence-corrected chi connectivity index (χ2v) is 6.62. The van der Waals surface area contributed by atoms with Gasteiger partial charge in [-0.25, -0.2) is 4.99 Å². The zero-order valence-electron chi connectivity index (χ0n) is 15.1. The highest BCUT2D eigenvalue weighted by Gasteiger charge is 2.12. The lowest BCUT2D eigenvalue weighted by atomic mass is 10.1. The maximum absolute atomic E-state index is 6.22. The number of guanidine groups is 1. The van der Waals surface area contributed by atoms with Crippen molar-refractivity contribution in [2.75, 3.05) is 7.11 Å². The number of nitrogens with one attached hydrogen (secondary N) is 1. The summed E-state index contributed by atoms with van der Waals surface area (Å²) in [4.78, 5) is 8.78. The maximum Gasteiger partial charge on any atom is 0.189 e. The topological polar surface area (TPSA) is 72.5 Å². The summed E-state index contributed by atoms with van der Waals surface area (Å²) >= 11 is 12.1. The molecule has 0 bridgehead atoms. The van der Waals surface area contributed by atoms with E-state index in [4.69, 9.17) is 33.7 Å². The number of rotatable bonds is 5. The average Bonchev–Trinajstić information content (AvgIpc) is 2.54. The van der Waals surface area contributed by atoms with E-state index in [2.05, 4.69) is 15.3 Å². The van der Waals surface area contributed by atoms with Gasteiger partial charge in [0.25, 0.3) is 0 Å². The van der Waals surface area contributed by atoms with Crippen molar-refractivity contribution in [1.82, 2.24) is 10.3 Å². The highest BCUT2D eigenvalue weighted by Crippen LogP contribution is 2.26. The summed E-state index contributed by atoms with van der Waals surface area (Å²) in [5.74, 6) is 1.15. The molecule has 0 radical (unpaired) electrons. The quantitative estimate of drug-likeness (QED) is 0.345. The van der Waals surface area contributed by atoms with Crippen molar-refractivity contribution >= 4 is 53.1 Å². The van der Waals surface area contributed by atoms with Crippen molar-refractivity contribution < 1.29 is 4.74 Å². The highest BCUT2D eigenvalue weighted by atomic mass is 127. The molecule has 0 spiro atoms. The van der Waals surface area contributed by atoms with Gasteiger partial charge in [-0.1, -0.05) is 29.3 Å². The molecule has 0 aliphatic carbocycles. The van der Waals surface area contributed by atoms with Crippen LogP contribution in [-0.2, 0) is 6.54 Å². The van der Waals surface area contributed by atoms with E-state index < -0.39 is 0 Å². The molecule has 1 heterocycles. The SMILES string of the molecule is COc1c(C)cnc(CN=C(N)NC(C)c2ccc(Cl)cc2Cl)c1C.I. The third kappa shape index (κ3) is 5.62. The summed E-state index contributed by atoms with van der Waals surface area (Å²) in [6.07, 6.45) is 1.77. The fourth-order valence-corrected chi connectivity index (χ4v) is 3.16. The monoisotopic (exact) mass is 508 g/mol. The first-order chi connectivity index (χ1) is 11.8. The Balaban J connectivity index is 0.00000338. The van der Waals surface area contributed by atoms with Crippen molar-refractivity contribution in [3.8, 4) is 5.75 Å². The molecule has 8 heteroatoms. The Morgan fingerprint density at radius 3 is 2.65 bits per heavy atom. The molecule has 1 atom stereocenters. The zero-order chi connectivity index (χ0) is 18.6. The van der Waals surface area contributed by atoms with E-state index in [1.807, 2.05) is 26.8 Å². The van der Waals surface area contributed by atoms with Crippen LogP contribution in [0.3, 0.4) is 0 Å². The van der Waals surface area contributed by atoms with Crippen LogP contribution in [0.5, 0.6) is 5.75 Å². The molecular weight excluding hydrogens is 486 g/mol. The first-order valence-electron chi connectivity index (χ1n) is 7.84. The van der Waals surface area contributed by atoms with Crippen LogP contribution in [-0.4, -0.2) is 18.1 Å². The predicted molar refractivity (Wildman–Crippen MR) is 119 cm³/mol. The fraction of sp³-hybridized carbons (Fsp3) is 0.333. The molecule has 26 heavy (non-hydrogen) atoms. The van der Waals surface area contributed by atoms with Crippen LogP contribution in [0.4, 0.5) is 0 Å². The van der Waals surface area contributed by atoms with Crippen LogP contribution in [0.15, 0.2) is 29.4 Å². The minimum Gasteiger partial charge on any atom is -0.496 e. The van der Waals surface area contributed by atoms with E-state index in [9.17, 15) is 0 Å². The van der Waals surface area contributed by atoms with Crippen LogP contribution in [0.1, 0.15) is 35.3 Å². The Kier molecular flexibility index (Phi) is 8.92. The summed E-state index contributed by atoms with van der Waals surface area (Å²) < 4.78 is 5.41. The van der Waals surface area contributed by atoms with Gasteiger partial charge in [-0.2, -0.15) is 0 Å². The molecule has 5 nitrogen and oxygen atoms in total. The van der Waals surface area contributed by atoms with Crippen molar-refractivity contribution in [3.63, 3.8) is 0 Å². The molecule has 3 N–H and O–H groups in total. The molecule has 2 aromatic rings. The normalized spacial score (nSPS) is 12.3. The minimum absolute atomic E-state index is 0. The molecule has 0 aliphatic rings. The number of methoxy groups -OCH3 is 1. The molecule has 2 rings (SSSR count). The van der Waals surface area contributed by atoms with Crippen molar-refractivity contribution in [3.05, 3.63) is 56.8 Å². The summed E-state index contributed by atoms with van der Waals surface area (Å²) in [5.41, 5.74) is 9.68. The number of aromatic nitrogens is 1. The maximum atomic E-state index is 6.22. The standard InChI is InChI=1S/C18H22Cl2N4O.HI/c1-10-8-22-16(11(2)17(10)25-4)9-23-18(21)24-12(3)14-6-5-13(19)7-15(14)20;/h5-8,12H,9H2,1-4H3,(H3,21,23,24);1H. The summed E-state index contributed by atoms with van der Waals surface area (Å²) in [5, 5.41) is 4.31. The lowest BCUT2D eigenvalue weighted by Crippen LogP contribution is -2.34. The molecule has 0 amide bonds. The minimum atomic E-state index is -0.102. The van der Waals surface area contributed by atoms with Crippen LogP contribution in [0.2, 0.25) is 10.0 Å². The lowest BCUT2D eigenvalue weighted by molar-refractivity contribution is 0.407. The van der Waals surface area contributed by atoms with Gasteiger partial charge in [0.15, 0.2) is 5.96 Å². The first kappa shape index (κ1) is 22.8. The predicted octanol–water partition coefficient (Wildman–Crippen LogP) is 4.80. The zero-order valence-corrected chi connectivity index (χ0v) is 19.0. The average molecular weight is 509 g/mol. The van der Waals surface area contributed by atoms with E-state index in [1.54, 1.807) is 25.4 Å². The van der Waals surface area contributed by atoms with E-state index >= 15 is 0 Å². The van der Waals surface area contributed by atoms with Crippen LogP contribution >= 0.6 is 47.2 Å². The van der Waals surface area contributed by atoms with Crippen LogP contribution in [0.25, 0.3) is 0 Å². The third-order valence-electron chi connectivity index (χ3n) is 3.94. The van der Waals surface area contributed by atoms with E-state index in [0.29, 0.717) is 22.5 Å². The van der Waals surface area contributed by atoms with Crippen LogP contribution in [0, 0.1) is 13.8 Å². The molecule has 1 aromatic carbocycles. The molecule has 0 aliphatic heterocycles.